The molecule has 5 rings (SSSR count). The molecule has 4 heterocycles. The van der Waals surface area contributed by atoms with Gasteiger partial charge in [-0.25, -0.2) is 4.98 Å². The van der Waals surface area contributed by atoms with Crippen LogP contribution in [0.2, 0.25) is 0 Å². The number of aromatic nitrogens is 3. The molecular formula is C22H24N6OS. The van der Waals surface area contributed by atoms with E-state index in [0.29, 0.717) is 13.1 Å². The number of piperazine rings is 1. The van der Waals surface area contributed by atoms with E-state index in [1.54, 1.807) is 0 Å². The maximum atomic E-state index is 12.7. The zero-order valence-electron chi connectivity index (χ0n) is 16.8. The first kappa shape index (κ1) is 19.1. The van der Waals surface area contributed by atoms with Crippen molar-refractivity contribution in [1.82, 2.24) is 19.9 Å². The summed E-state index contributed by atoms with van der Waals surface area (Å²) in [5.74, 6) is 3.96. The molecule has 1 aromatic carbocycles. The Kier molecular flexibility index (Phi) is 5.40. The monoisotopic (exact) mass is 420 g/mol. The van der Waals surface area contributed by atoms with Gasteiger partial charge in [0.15, 0.2) is 5.82 Å². The lowest BCUT2D eigenvalue weighted by Crippen LogP contribution is -2.49. The molecule has 0 spiro atoms. The average molecular weight is 421 g/mol. The normalized spacial score (nSPS) is 17.4. The molecule has 0 N–H and O–H groups in total. The molecule has 3 aromatic rings. The fraction of sp³-hybridized carbons (Fsp3) is 0.364. The van der Waals surface area contributed by atoms with Gasteiger partial charge in [0.25, 0.3) is 5.91 Å². The second-order valence-electron chi connectivity index (χ2n) is 7.46. The van der Waals surface area contributed by atoms with Gasteiger partial charge in [0, 0.05) is 62.5 Å². The third kappa shape index (κ3) is 3.79. The van der Waals surface area contributed by atoms with Crippen molar-refractivity contribution in [2.24, 2.45) is 0 Å². The zero-order chi connectivity index (χ0) is 20.3. The number of carbonyl (C=O) groups is 1. The third-order valence-electron chi connectivity index (χ3n) is 5.61. The van der Waals surface area contributed by atoms with Crippen molar-refractivity contribution in [2.45, 2.75) is 0 Å². The molecule has 0 saturated carbocycles. The maximum absolute atomic E-state index is 12.7. The highest BCUT2D eigenvalue weighted by Gasteiger charge is 2.25. The Balaban J connectivity index is 1.37. The number of thioether (sulfide) groups is 1. The molecule has 2 aliphatic heterocycles. The van der Waals surface area contributed by atoms with Crippen LogP contribution in [-0.2, 0) is 0 Å². The summed E-state index contributed by atoms with van der Waals surface area (Å²) in [6.07, 6.45) is 1.81. The first-order valence-corrected chi connectivity index (χ1v) is 11.5. The number of rotatable bonds is 3. The van der Waals surface area contributed by atoms with Crippen molar-refractivity contribution in [1.29, 1.82) is 0 Å². The van der Waals surface area contributed by atoms with Gasteiger partial charge in [-0.15, -0.1) is 0 Å². The third-order valence-corrected chi connectivity index (χ3v) is 6.55. The summed E-state index contributed by atoms with van der Waals surface area (Å²) in [7, 11) is 0. The first-order chi connectivity index (χ1) is 14.8. The van der Waals surface area contributed by atoms with Crippen LogP contribution in [0, 0.1) is 0 Å². The van der Waals surface area contributed by atoms with E-state index in [2.05, 4.69) is 14.8 Å². The van der Waals surface area contributed by atoms with Crippen LogP contribution in [-0.4, -0.2) is 76.5 Å². The van der Waals surface area contributed by atoms with E-state index in [1.165, 1.54) is 0 Å². The molecule has 8 heteroatoms. The summed E-state index contributed by atoms with van der Waals surface area (Å²) < 4.78 is 0. The minimum absolute atomic E-state index is 0.0883. The van der Waals surface area contributed by atoms with Crippen molar-refractivity contribution in [3.05, 3.63) is 54.2 Å². The second kappa shape index (κ2) is 8.47. The zero-order valence-corrected chi connectivity index (χ0v) is 17.6. The van der Waals surface area contributed by atoms with E-state index in [9.17, 15) is 4.79 Å². The summed E-state index contributed by atoms with van der Waals surface area (Å²) >= 11 is 1.98. The number of pyridine rings is 1. The topological polar surface area (TPSA) is 65.5 Å². The largest absolute Gasteiger partial charge is 0.353 e. The van der Waals surface area contributed by atoms with Gasteiger partial charge in [-0.05, 0) is 24.3 Å². The smallest absolute Gasteiger partial charge is 0.253 e. The van der Waals surface area contributed by atoms with Crippen molar-refractivity contribution in [3.8, 4) is 0 Å². The van der Waals surface area contributed by atoms with E-state index in [0.717, 1.165) is 66.0 Å². The highest BCUT2D eigenvalue weighted by atomic mass is 32.2. The maximum Gasteiger partial charge on any atom is 0.253 e. The fourth-order valence-corrected chi connectivity index (χ4v) is 4.85. The summed E-state index contributed by atoms with van der Waals surface area (Å²) in [5, 5.41) is 0. The Bertz CT molecular complexity index is 1030. The van der Waals surface area contributed by atoms with Gasteiger partial charge in [0.05, 0.1) is 5.52 Å². The van der Waals surface area contributed by atoms with Crippen LogP contribution < -0.4 is 9.80 Å². The van der Waals surface area contributed by atoms with Crippen LogP contribution in [0.25, 0.3) is 11.0 Å². The van der Waals surface area contributed by atoms with E-state index < -0.39 is 0 Å². The molecule has 2 fully saturated rings. The van der Waals surface area contributed by atoms with Gasteiger partial charge >= 0.3 is 0 Å². The number of anilines is 2. The molecule has 0 radical (unpaired) electrons. The molecule has 0 atom stereocenters. The number of benzene rings is 1. The van der Waals surface area contributed by atoms with Crippen LogP contribution >= 0.6 is 11.8 Å². The highest BCUT2D eigenvalue weighted by molar-refractivity contribution is 7.99. The van der Waals surface area contributed by atoms with E-state index in [1.807, 2.05) is 65.3 Å². The van der Waals surface area contributed by atoms with Gasteiger partial charge in [0.1, 0.15) is 5.52 Å². The Hall–Kier alpha value is -2.87. The molecule has 2 aliphatic rings. The quantitative estimate of drug-likeness (QED) is 0.645. The summed E-state index contributed by atoms with van der Waals surface area (Å²) in [6.45, 7) is 4.73. The fourth-order valence-electron chi connectivity index (χ4n) is 3.95. The summed E-state index contributed by atoms with van der Waals surface area (Å²) in [4.78, 5) is 33.5. The number of carbonyl (C=O) groups excluding carboxylic acids is 1. The summed E-state index contributed by atoms with van der Waals surface area (Å²) in [6, 6.07) is 13.4. The number of hydrogen-bond acceptors (Lipinski definition) is 7. The standard InChI is InChI=1S/C22H24N6OS/c29-21(17-5-2-1-3-6-17)27-9-11-28(12-10-27)22-24-18-7-4-8-23-19(18)20(25-22)26-13-15-30-16-14-26/h1-8H,9-16H2. The lowest BCUT2D eigenvalue weighted by molar-refractivity contribution is 0.0746. The van der Waals surface area contributed by atoms with Gasteiger partial charge < -0.3 is 14.7 Å². The molecule has 1 amide bonds. The number of amides is 1. The molecule has 2 saturated heterocycles. The summed E-state index contributed by atoms with van der Waals surface area (Å²) in [5.41, 5.74) is 2.48. The van der Waals surface area contributed by atoms with Gasteiger partial charge in [-0.3, -0.25) is 9.78 Å². The first-order valence-electron chi connectivity index (χ1n) is 10.3. The number of hydrogen-bond donors (Lipinski definition) is 0. The van der Waals surface area contributed by atoms with Crippen LogP contribution in [0.5, 0.6) is 0 Å². The minimum Gasteiger partial charge on any atom is -0.353 e. The molecule has 0 unspecified atom stereocenters. The van der Waals surface area contributed by atoms with Crippen molar-refractivity contribution in [3.63, 3.8) is 0 Å². The Morgan fingerprint density at radius 1 is 0.833 bits per heavy atom. The molecule has 0 bridgehead atoms. The van der Waals surface area contributed by atoms with Crippen LogP contribution in [0.4, 0.5) is 11.8 Å². The molecule has 2 aromatic heterocycles. The van der Waals surface area contributed by atoms with Crippen molar-refractivity contribution >= 4 is 40.5 Å². The molecule has 154 valence electrons. The predicted molar refractivity (Wildman–Crippen MR) is 121 cm³/mol. The molecule has 30 heavy (non-hydrogen) atoms. The van der Waals surface area contributed by atoms with Gasteiger partial charge in [-0.1, -0.05) is 18.2 Å². The predicted octanol–water partition coefficient (Wildman–Crippen LogP) is 2.54. The Morgan fingerprint density at radius 2 is 1.60 bits per heavy atom. The minimum atomic E-state index is 0.0883. The molecular weight excluding hydrogens is 396 g/mol. The highest BCUT2D eigenvalue weighted by Crippen LogP contribution is 2.27. The van der Waals surface area contributed by atoms with Gasteiger partial charge in [0.2, 0.25) is 5.95 Å². The lowest BCUT2D eigenvalue weighted by Gasteiger charge is -2.35. The average Bonchev–Trinajstić information content (AvgIpc) is 2.84. The molecule has 0 aliphatic carbocycles. The lowest BCUT2D eigenvalue weighted by atomic mass is 10.2. The Morgan fingerprint density at radius 3 is 2.37 bits per heavy atom. The second-order valence-corrected chi connectivity index (χ2v) is 8.69. The molecule has 7 nitrogen and oxygen atoms in total. The van der Waals surface area contributed by atoms with E-state index in [-0.39, 0.29) is 5.91 Å². The van der Waals surface area contributed by atoms with Crippen molar-refractivity contribution in [2.75, 3.05) is 60.6 Å². The van der Waals surface area contributed by atoms with Crippen LogP contribution in [0.15, 0.2) is 48.7 Å². The SMILES string of the molecule is O=C(c1ccccc1)N1CCN(c2nc(N3CCSCC3)c3ncccc3n2)CC1. The van der Waals surface area contributed by atoms with Crippen molar-refractivity contribution < 1.29 is 4.79 Å². The van der Waals surface area contributed by atoms with E-state index in [4.69, 9.17) is 9.97 Å². The Labute approximate surface area is 180 Å². The van der Waals surface area contributed by atoms with Gasteiger partial charge in [-0.2, -0.15) is 16.7 Å². The van der Waals surface area contributed by atoms with Crippen LogP contribution in [0.1, 0.15) is 10.4 Å². The van der Waals surface area contributed by atoms with Crippen LogP contribution in [0.3, 0.4) is 0 Å². The number of fused-ring (bicyclic) bond motifs is 1. The van der Waals surface area contributed by atoms with E-state index >= 15 is 0 Å². The number of nitrogens with zero attached hydrogens (tertiary/aromatic N) is 6.